The van der Waals surface area contributed by atoms with Crippen molar-refractivity contribution >= 4 is 33.8 Å². The highest BCUT2D eigenvalue weighted by Gasteiger charge is 2.29. The molecule has 0 aromatic heterocycles. The number of aliphatic imine (C=N–C) groups is 2. The molecule has 1 N–H and O–H groups in total. The van der Waals surface area contributed by atoms with E-state index in [4.69, 9.17) is 23.2 Å². The van der Waals surface area contributed by atoms with Gasteiger partial charge in [0.25, 0.3) is 6.35 Å². The van der Waals surface area contributed by atoms with Crippen LogP contribution < -0.4 is 5.32 Å². The summed E-state index contributed by atoms with van der Waals surface area (Å²) >= 11 is 10.7. The van der Waals surface area contributed by atoms with E-state index in [2.05, 4.69) is 20.0 Å². The van der Waals surface area contributed by atoms with Gasteiger partial charge in [-0.25, -0.2) is 9.98 Å². The van der Waals surface area contributed by atoms with E-state index in [0.29, 0.717) is 0 Å². The largest absolute Gasteiger partial charge is 0.411 e. The zero-order valence-electron chi connectivity index (χ0n) is 6.48. The molecule has 0 atom stereocenters. The van der Waals surface area contributed by atoms with Crippen LogP contribution in [0.3, 0.4) is 0 Å². The zero-order valence-corrected chi connectivity index (χ0v) is 7.99. The summed E-state index contributed by atoms with van der Waals surface area (Å²) in [6.45, 7) is -1.46. The van der Waals surface area contributed by atoms with Gasteiger partial charge < -0.3 is 10.1 Å². The average Bonchev–Trinajstić information content (AvgIpc) is 1.97. The van der Waals surface area contributed by atoms with E-state index >= 15 is 0 Å². The predicted octanol–water partition coefficient (Wildman–Crippen LogP) is 1.64. The normalized spacial score (nSPS) is 18.6. The molecular formula is C5H4Cl2F3N3O. The van der Waals surface area contributed by atoms with E-state index in [1.807, 2.05) is 0 Å². The van der Waals surface area contributed by atoms with Gasteiger partial charge in [-0.1, -0.05) is 0 Å². The molecule has 0 unspecified atom stereocenters. The first kappa shape index (κ1) is 11.5. The first-order valence-corrected chi connectivity index (χ1v) is 4.04. The van der Waals surface area contributed by atoms with Crippen LogP contribution in [0.2, 0.25) is 0 Å². The molecule has 14 heavy (non-hydrogen) atoms. The van der Waals surface area contributed by atoms with E-state index in [9.17, 15) is 13.2 Å². The number of rotatable bonds is 2. The number of hydrogen-bond donors (Lipinski definition) is 1. The number of ether oxygens (including phenoxy) is 1. The second kappa shape index (κ2) is 4.33. The molecule has 0 saturated heterocycles. The van der Waals surface area contributed by atoms with Crippen LogP contribution in [0.5, 0.6) is 0 Å². The van der Waals surface area contributed by atoms with Gasteiger partial charge in [0, 0.05) is 0 Å². The number of hydrogen-bond acceptors (Lipinski definition) is 4. The fourth-order valence-electron chi connectivity index (χ4n) is 0.616. The maximum atomic E-state index is 11.7. The Balaban J connectivity index is 2.49. The number of alkyl halides is 3. The summed E-state index contributed by atoms with van der Waals surface area (Å²) in [6, 6.07) is 0. The van der Waals surface area contributed by atoms with Gasteiger partial charge in [0.1, 0.15) is 6.61 Å². The monoisotopic (exact) mass is 249 g/mol. The molecule has 0 aliphatic carbocycles. The van der Waals surface area contributed by atoms with Crippen LogP contribution in [0.4, 0.5) is 13.2 Å². The Bertz CT molecular complexity index is 260. The minimum atomic E-state index is -4.44. The van der Waals surface area contributed by atoms with Crippen molar-refractivity contribution in [1.82, 2.24) is 5.32 Å². The topological polar surface area (TPSA) is 46.0 Å². The van der Waals surface area contributed by atoms with E-state index in [-0.39, 0.29) is 10.6 Å². The molecule has 0 fully saturated rings. The highest BCUT2D eigenvalue weighted by Crippen LogP contribution is 2.17. The van der Waals surface area contributed by atoms with Crippen LogP contribution in [-0.4, -0.2) is 29.7 Å². The Kier molecular flexibility index (Phi) is 3.57. The maximum absolute atomic E-state index is 11.7. The first-order valence-electron chi connectivity index (χ1n) is 3.29. The van der Waals surface area contributed by atoms with Crippen LogP contribution in [0.15, 0.2) is 9.98 Å². The van der Waals surface area contributed by atoms with Gasteiger partial charge in [0.2, 0.25) is 10.6 Å². The van der Waals surface area contributed by atoms with Gasteiger partial charge >= 0.3 is 6.18 Å². The third-order valence-electron chi connectivity index (χ3n) is 1.05. The van der Waals surface area contributed by atoms with Crippen LogP contribution in [0, 0.1) is 0 Å². The molecule has 0 aromatic carbocycles. The molecule has 0 aromatic rings. The van der Waals surface area contributed by atoms with Gasteiger partial charge in [-0.05, 0) is 23.2 Å². The SMILES string of the molecule is FC(F)(F)COC1N=C(Cl)NC(Cl)=N1. The fourth-order valence-corrected chi connectivity index (χ4v) is 1.01. The van der Waals surface area contributed by atoms with Crippen molar-refractivity contribution in [3.63, 3.8) is 0 Å². The molecule has 80 valence electrons. The Morgan fingerprint density at radius 2 is 1.79 bits per heavy atom. The molecule has 1 aliphatic rings. The quantitative estimate of drug-likeness (QED) is 0.757. The van der Waals surface area contributed by atoms with Crippen LogP contribution in [-0.2, 0) is 4.74 Å². The second-order valence-corrected chi connectivity index (χ2v) is 2.93. The van der Waals surface area contributed by atoms with Crippen molar-refractivity contribution in [3.8, 4) is 0 Å². The Labute approximate surface area is 86.8 Å². The highest BCUT2D eigenvalue weighted by atomic mass is 35.5. The third-order valence-corrected chi connectivity index (χ3v) is 1.43. The lowest BCUT2D eigenvalue weighted by atomic mass is 10.7. The summed E-state index contributed by atoms with van der Waals surface area (Å²) in [6.07, 6.45) is -5.78. The van der Waals surface area contributed by atoms with Crippen molar-refractivity contribution in [2.45, 2.75) is 12.5 Å². The lowest BCUT2D eigenvalue weighted by molar-refractivity contribution is -0.183. The van der Waals surface area contributed by atoms with E-state index in [0.717, 1.165) is 0 Å². The molecule has 1 rings (SSSR count). The predicted molar refractivity (Wildman–Crippen MR) is 45.5 cm³/mol. The van der Waals surface area contributed by atoms with Gasteiger partial charge in [-0.15, -0.1) is 0 Å². The van der Waals surface area contributed by atoms with Gasteiger partial charge in [0.05, 0.1) is 0 Å². The molecule has 1 heterocycles. The summed E-state index contributed by atoms with van der Waals surface area (Å²) in [5, 5.41) is 1.94. The minimum Gasteiger partial charge on any atom is -0.328 e. The highest BCUT2D eigenvalue weighted by molar-refractivity contribution is 6.73. The standard InChI is InChI=1S/C5H4Cl2F3N3O/c6-2-11-3(7)13-4(12-2)14-1-5(8,9)10/h4H,1H2,(H,11,12,13). The van der Waals surface area contributed by atoms with Crippen molar-refractivity contribution in [1.29, 1.82) is 0 Å². The number of nitrogens with zero attached hydrogens (tertiary/aromatic N) is 2. The molecule has 0 spiro atoms. The Morgan fingerprint density at radius 3 is 2.21 bits per heavy atom. The summed E-state index contributed by atoms with van der Waals surface area (Å²) in [5.41, 5.74) is 0. The van der Waals surface area contributed by atoms with Gasteiger partial charge in [-0.2, -0.15) is 13.2 Å². The summed E-state index contributed by atoms with van der Waals surface area (Å²) < 4.78 is 39.4. The van der Waals surface area contributed by atoms with Crippen molar-refractivity contribution in [3.05, 3.63) is 0 Å². The number of nitrogens with one attached hydrogen (secondary N) is 1. The van der Waals surface area contributed by atoms with E-state index < -0.39 is 19.1 Å². The molecule has 1 aliphatic heterocycles. The molecular weight excluding hydrogens is 246 g/mol. The van der Waals surface area contributed by atoms with E-state index in [1.54, 1.807) is 0 Å². The van der Waals surface area contributed by atoms with Crippen molar-refractivity contribution in [2.24, 2.45) is 9.98 Å². The maximum Gasteiger partial charge on any atom is 0.411 e. The second-order valence-electron chi connectivity index (χ2n) is 2.22. The first-order chi connectivity index (χ1) is 6.37. The Hall–Kier alpha value is -0.530. The van der Waals surface area contributed by atoms with Crippen molar-refractivity contribution < 1.29 is 17.9 Å². The van der Waals surface area contributed by atoms with Crippen LogP contribution in [0.25, 0.3) is 0 Å². The molecule has 9 heteroatoms. The van der Waals surface area contributed by atoms with Gasteiger partial charge in [-0.3, -0.25) is 0 Å². The summed E-state index contributed by atoms with van der Waals surface area (Å²) in [5.74, 6) is 0. The number of halogens is 5. The molecule has 0 radical (unpaired) electrons. The summed E-state index contributed by atoms with van der Waals surface area (Å²) in [4.78, 5) is 6.83. The van der Waals surface area contributed by atoms with Crippen LogP contribution in [0.1, 0.15) is 0 Å². The number of amidine groups is 2. The van der Waals surface area contributed by atoms with Crippen molar-refractivity contribution in [2.75, 3.05) is 6.61 Å². The lowest BCUT2D eigenvalue weighted by Crippen LogP contribution is -2.32. The summed E-state index contributed by atoms with van der Waals surface area (Å²) in [7, 11) is 0. The molecule has 0 saturated carbocycles. The average molecular weight is 250 g/mol. The van der Waals surface area contributed by atoms with E-state index in [1.165, 1.54) is 0 Å². The fraction of sp³-hybridized carbons (Fsp3) is 0.600. The molecule has 0 bridgehead atoms. The minimum absolute atomic E-state index is 0.169. The zero-order chi connectivity index (χ0) is 10.8. The third kappa shape index (κ3) is 4.12. The van der Waals surface area contributed by atoms with Gasteiger partial charge in [0.15, 0.2) is 0 Å². The smallest absolute Gasteiger partial charge is 0.328 e. The molecule has 0 amide bonds. The van der Waals surface area contributed by atoms with Crippen LogP contribution >= 0.6 is 23.2 Å². The lowest BCUT2D eigenvalue weighted by Gasteiger charge is -2.16. The Morgan fingerprint density at radius 1 is 1.29 bits per heavy atom. The molecule has 4 nitrogen and oxygen atoms in total.